The first-order chi connectivity index (χ1) is 11.8. The number of carbonyl (C=O) groups excluding carboxylic acids is 1. The van der Waals surface area contributed by atoms with Crippen LogP contribution in [0.2, 0.25) is 0 Å². The molecule has 0 saturated carbocycles. The predicted molar refractivity (Wildman–Crippen MR) is 83.8 cm³/mol. The molecule has 0 aromatic carbocycles. The predicted octanol–water partition coefficient (Wildman–Crippen LogP) is 2.38. The Hall–Kier alpha value is -2.28. The van der Waals surface area contributed by atoms with Crippen molar-refractivity contribution >= 4 is 5.91 Å². The van der Waals surface area contributed by atoms with E-state index in [1.54, 1.807) is 4.90 Å². The minimum Gasteiger partial charge on any atom is -0.376 e. The number of aromatic amines is 1. The number of amides is 1. The smallest absolute Gasteiger partial charge is 0.257 e. The van der Waals surface area contributed by atoms with E-state index in [2.05, 4.69) is 15.2 Å². The zero-order chi connectivity index (χ0) is 16.5. The number of likely N-dealkylation sites (tertiary alicyclic amines) is 1. The first kappa shape index (κ1) is 15.3. The van der Waals surface area contributed by atoms with Crippen molar-refractivity contribution in [2.24, 2.45) is 0 Å². The van der Waals surface area contributed by atoms with Crippen LogP contribution in [0.25, 0.3) is 0 Å². The van der Waals surface area contributed by atoms with Gasteiger partial charge in [0.1, 0.15) is 0 Å². The van der Waals surface area contributed by atoms with Crippen molar-refractivity contribution in [2.45, 2.75) is 38.3 Å². The lowest BCUT2D eigenvalue weighted by atomic mass is 9.94. The molecule has 6 nitrogen and oxygen atoms in total. The second-order valence-corrected chi connectivity index (χ2v) is 6.23. The molecular weight excluding hydrogens is 311 g/mol. The number of ether oxygens (including phenoxy) is 1. The summed E-state index contributed by atoms with van der Waals surface area (Å²) in [5, 5.41) is 7.55. The normalized spacial score (nSPS) is 20.7. The van der Waals surface area contributed by atoms with Gasteiger partial charge in [0.25, 0.3) is 5.91 Å². The topological polar surface area (TPSA) is 71.1 Å². The molecule has 1 fully saturated rings. The molecule has 1 saturated heterocycles. The number of nitrogens with one attached hydrogen (secondary N) is 1. The van der Waals surface area contributed by atoms with Crippen molar-refractivity contribution in [1.29, 1.82) is 0 Å². The molecule has 1 unspecified atom stereocenters. The van der Waals surface area contributed by atoms with Crippen LogP contribution in [0.15, 0.2) is 18.5 Å². The fourth-order valence-corrected chi connectivity index (χ4v) is 3.57. The lowest BCUT2D eigenvalue weighted by Crippen LogP contribution is -2.39. The molecule has 0 bridgehead atoms. The molecule has 2 aromatic heterocycles. The number of rotatable bonds is 2. The van der Waals surface area contributed by atoms with E-state index in [0.717, 1.165) is 48.8 Å². The van der Waals surface area contributed by atoms with Crippen LogP contribution in [0.4, 0.5) is 4.39 Å². The number of aromatic nitrogens is 3. The maximum atomic E-state index is 14.0. The number of hydrogen-bond donors (Lipinski definition) is 1. The molecule has 24 heavy (non-hydrogen) atoms. The van der Waals surface area contributed by atoms with Gasteiger partial charge >= 0.3 is 0 Å². The van der Waals surface area contributed by atoms with Gasteiger partial charge in [-0.15, -0.1) is 0 Å². The monoisotopic (exact) mass is 330 g/mol. The average Bonchev–Trinajstić information content (AvgIpc) is 3.05. The van der Waals surface area contributed by atoms with E-state index in [0.29, 0.717) is 19.8 Å². The maximum absolute atomic E-state index is 14.0. The summed E-state index contributed by atoms with van der Waals surface area (Å²) in [6.45, 7) is 1.81. The van der Waals surface area contributed by atoms with Crippen LogP contribution in [-0.4, -0.2) is 39.1 Å². The Morgan fingerprint density at radius 2 is 2.33 bits per heavy atom. The molecule has 2 aliphatic heterocycles. The summed E-state index contributed by atoms with van der Waals surface area (Å²) in [5.74, 6) is -0.882. The van der Waals surface area contributed by atoms with Crippen LogP contribution in [-0.2, 0) is 17.8 Å². The highest BCUT2D eigenvalue weighted by molar-refractivity contribution is 5.94. The van der Waals surface area contributed by atoms with Gasteiger partial charge in [0.05, 0.1) is 36.7 Å². The third kappa shape index (κ3) is 2.58. The van der Waals surface area contributed by atoms with Crippen LogP contribution >= 0.6 is 0 Å². The second kappa shape index (κ2) is 6.32. The third-order valence-electron chi connectivity index (χ3n) is 4.81. The van der Waals surface area contributed by atoms with E-state index in [4.69, 9.17) is 4.74 Å². The molecule has 126 valence electrons. The number of fused-ring (bicyclic) bond motifs is 1. The van der Waals surface area contributed by atoms with Crippen LogP contribution in [0.3, 0.4) is 0 Å². The molecule has 0 aliphatic carbocycles. The third-order valence-corrected chi connectivity index (χ3v) is 4.81. The minimum absolute atomic E-state index is 0.0672. The standard InChI is InChI=1S/C17H19FN4O2/c18-13-9-19-6-4-11(13)17(23)22-7-2-1-3-15(22)16-12-10-24-8-5-14(12)20-21-16/h4,6,9,15H,1-3,5,7-8,10H2,(H,20,21). The van der Waals surface area contributed by atoms with Crippen molar-refractivity contribution in [2.75, 3.05) is 13.2 Å². The fraction of sp³-hybridized carbons (Fsp3) is 0.471. The number of hydrogen-bond acceptors (Lipinski definition) is 4. The summed E-state index contributed by atoms with van der Waals surface area (Å²) >= 11 is 0. The molecule has 2 aliphatic rings. The molecule has 0 radical (unpaired) electrons. The van der Waals surface area contributed by atoms with Crippen LogP contribution in [0, 0.1) is 5.82 Å². The summed E-state index contributed by atoms with van der Waals surface area (Å²) in [5.41, 5.74) is 3.08. The number of halogens is 1. The van der Waals surface area contributed by atoms with E-state index in [9.17, 15) is 9.18 Å². The van der Waals surface area contributed by atoms with Gasteiger partial charge in [0, 0.05) is 30.4 Å². The average molecular weight is 330 g/mol. The molecule has 1 N–H and O–H groups in total. The Labute approximate surface area is 139 Å². The van der Waals surface area contributed by atoms with E-state index in [1.807, 2.05) is 0 Å². The van der Waals surface area contributed by atoms with E-state index >= 15 is 0 Å². The number of carbonyl (C=O) groups is 1. The zero-order valence-corrected chi connectivity index (χ0v) is 13.3. The van der Waals surface area contributed by atoms with Gasteiger partial charge in [-0.3, -0.25) is 14.9 Å². The van der Waals surface area contributed by atoms with E-state index < -0.39 is 5.82 Å². The summed E-state index contributed by atoms with van der Waals surface area (Å²) in [4.78, 5) is 18.3. The van der Waals surface area contributed by atoms with E-state index in [1.165, 1.54) is 12.3 Å². The Balaban J connectivity index is 1.68. The quantitative estimate of drug-likeness (QED) is 0.918. The Kier molecular flexibility index (Phi) is 4.02. The Morgan fingerprint density at radius 3 is 3.21 bits per heavy atom. The van der Waals surface area contributed by atoms with E-state index in [-0.39, 0.29) is 17.5 Å². The summed E-state index contributed by atoms with van der Waals surface area (Å²) in [6.07, 6.45) is 6.10. The highest BCUT2D eigenvalue weighted by atomic mass is 19.1. The summed E-state index contributed by atoms with van der Waals surface area (Å²) in [7, 11) is 0. The van der Waals surface area contributed by atoms with Gasteiger partial charge in [-0.05, 0) is 25.3 Å². The summed E-state index contributed by atoms with van der Waals surface area (Å²) < 4.78 is 19.5. The molecule has 4 heterocycles. The van der Waals surface area contributed by atoms with Crippen molar-refractivity contribution in [3.63, 3.8) is 0 Å². The Bertz CT molecular complexity index is 761. The van der Waals surface area contributed by atoms with Gasteiger partial charge in [0.15, 0.2) is 5.82 Å². The van der Waals surface area contributed by atoms with Gasteiger partial charge in [0.2, 0.25) is 0 Å². The SMILES string of the molecule is O=C(c1ccncc1F)N1CCCCC1c1n[nH]c2c1COCC2. The lowest BCUT2D eigenvalue weighted by molar-refractivity contribution is 0.0591. The highest BCUT2D eigenvalue weighted by Gasteiger charge is 2.34. The summed E-state index contributed by atoms with van der Waals surface area (Å²) in [6, 6.07) is 1.30. The second-order valence-electron chi connectivity index (χ2n) is 6.23. The van der Waals surface area contributed by atoms with Crippen molar-refractivity contribution in [1.82, 2.24) is 20.1 Å². The number of pyridine rings is 1. The van der Waals surface area contributed by atoms with Crippen molar-refractivity contribution in [3.8, 4) is 0 Å². The zero-order valence-electron chi connectivity index (χ0n) is 13.3. The van der Waals surface area contributed by atoms with Gasteiger partial charge in [-0.1, -0.05) is 0 Å². The maximum Gasteiger partial charge on any atom is 0.257 e. The highest BCUT2D eigenvalue weighted by Crippen LogP contribution is 2.35. The first-order valence-corrected chi connectivity index (χ1v) is 8.30. The molecule has 0 spiro atoms. The molecule has 7 heteroatoms. The molecule has 1 atom stereocenters. The van der Waals surface area contributed by atoms with Gasteiger partial charge in [-0.25, -0.2) is 4.39 Å². The van der Waals surface area contributed by atoms with Gasteiger partial charge < -0.3 is 9.64 Å². The minimum atomic E-state index is -0.584. The Morgan fingerprint density at radius 1 is 1.42 bits per heavy atom. The molecule has 1 amide bonds. The number of H-pyrrole nitrogens is 1. The van der Waals surface area contributed by atoms with Crippen LogP contribution in [0.5, 0.6) is 0 Å². The number of nitrogens with zero attached hydrogens (tertiary/aromatic N) is 3. The van der Waals surface area contributed by atoms with Gasteiger partial charge in [-0.2, -0.15) is 5.10 Å². The molecule has 2 aromatic rings. The lowest BCUT2D eigenvalue weighted by Gasteiger charge is -2.35. The first-order valence-electron chi connectivity index (χ1n) is 8.30. The molecule has 4 rings (SSSR count). The fourth-order valence-electron chi connectivity index (χ4n) is 3.57. The van der Waals surface area contributed by atoms with Crippen molar-refractivity contribution < 1.29 is 13.9 Å². The molecular formula is C17H19FN4O2. The van der Waals surface area contributed by atoms with Crippen LogP contribution in [0.1, 0.15) is 52.6 Å². The van der Waals surface area contributed by atoms with Crippen molar-refractivity contribution in [3.05, 3.63) is 46.8 Å². The number of piperidine rings is 1. The largest absolute Gasteiger partial charge is 0.376 e. The van der Waals surface area contributed by atoms with Crippen LogP contribution < -0.4 is 0 Å².